The van der Waals surface area contributed by atoms with E-state index < -0.39 is 5.82 Å². The van der Waals surface area contributed by atoms with Gasteiger partial charge in [-0.05, 0) is 44.7 Å². The van der Waals surface area contributed by atoms with Crippen molar-refractivity contribution in [3.05, 3.63) is 54.0 Å². The minimum Gasteiger partial charge on any atom is -0.481 e. The van der Waals surface area contributed by atoms with E-state index in [4.69, 9.17) is 4.74 Å². The zero-order valence-corrected chi connectivity index (χ0v) is 21.4. The first-order chi connectivity index (χ1) is 18.4. The third-order valence-electron chi connectivity index (χ3n) is 7.10. The predicted molar refractivity (Wildman–Crippen MR) is 137 cm³/mol. The van der Waals surface area contributed by atoms with E-state index in [1.165, 1.54) is 13.2 Å². The molecule has 1 aliphatic heterocycles. The number of nitrogens with zero attached hydrogens (tertiary/aromatic N) is 6. The van der Waals surface area contributed by atoms with Crippen molar-refractivity contribution >= 4 is 23.5 Å². The number of likely N-dealkylation sites (tertiary alicyclic amines) is 1. The average molecular weight is 521 g/mol. The van der Waals surface area contributed by atoms with Gasteiger partial charge < -0.3 is 19.7 Å². The molecular formula is C26H29FN8O3. The van der Waals surface area contributed by atoms with E-state index in [9.17, 15) is 14.0 Å². The van der Waals surface area contributed by atoms with E-state index in [-0.39, 0.29) is 28.8 Å². The van der Waals surface area contributed by atoms with Crippen LogP contribution in [0.2, 0.25) is 0 Å². The van der Waals surface area contributed by atoms with E-state index in [1.807, 2.05) is 31.1 Å². The Morgan fingerprint density at radius 2 is 2.13 bits per heavy atom. The number of hydrogen-bond donors (Lipinski definition) is 2. The number of aldehydes is 1. The highest BCUT2D eigenvalue weighted by molar-refractivity contribution is 5.94. The number of nitrogens with one attached hydrogen (secondary N) is 2. The lowest BCUT2D eigenvalue weighted by atomic mass is 9.90. The molecule has 1 atom stereocenters. The largest absolute Gasteiger partial charge is 0.481 e. The molecule has 1 aliphatic carbocycles. The second-order valence-electron chi connectivity index (χ2n) is 9.59. The number of aromatic amines is 1. The quantitative estimate of drug-likeness (QED) is 0.384. The molecule has 198 valence electrons. The second kappa shape index (κ2) is 10.2. The molecule has 2 N–H and O–H groups in total. The van der Waals surface area contributed by atoms with Crippen molar-refractivity contribution in [2.24, 2.45) is 5.92 Å². The molecule has 1 spiro atoms. The highest BCUT2D eigenvalue weighted by atomic mass is 19.1. The summed E-state index contributed by atoms with van der Waals surface area (Å²) in [4.78, 5) is 34.0. The molecule has 0 aromatic carbocycles. The Bertz CT molecular complexity index is 1480. The zero-order chi connectivity index (χ0) is 26.9. The molecular weight excluding hydrogens is 491 g/mol. The Kier molecular flexibility index (Phi) is 6.79. The number of carbonyl (C=O) groups excluding carboxylic acids is 2. The number of halogens is 1. The fourth-order valence-corrected chi connectivity index (χ4v) is 4.86. The number of amides is 1. The van der Waals surface area contributed by atoms with Crippen LogP contribution in [-0.4, -0.2) is 73.1 Å². The maximum Gasteiger partial charge on any atom is 0.272 e. The van der Waals surface area contributed by atoms with Crippen LogP contribution in [0, 0.1) is 18.7 Å². The van der Waals surface area contributed by atoms with Crippen LogP contribution in [-0.2, 0) is 4.79 Å². The number of methoxy groups -OCH3 is 1. The maximum absolute atomic E-state index is 14.1. The van der Waals surface area contributed by atoms with Gasteiger partial charge in [0.25, 0.3) is 5.91 Å². The summed E-state index contributed by atoms with van der Waals surface area (Å²) in [6.45, 7) is 2.51. The number of rotatable bonds is 5. The summed E-state index contributed by atoms with van der Waals surface area (Å²) in [5, 5.41) is 14.0. The van der Waals surface area contributed by atoms with Crippen LogP contribution >= 0.6 is 0 Å². The van der Waals surface area contributed by atoms with Crippen LogP contribution in [0.1, 0.15) is 41.9 Å². The molecule has 0 bridgehead atoms. The first-order valence-electron chi connectivity index (χ1n) is 12.4. The topological polar surface area (TPSA) is 130 Å². The molecule has 5 heterocycles. The predicted octanol–water partition coefficient (Wildman–Crippen LogP) is 3.28. The van der Waals surface area contributed by atoms with E-state index in [0.29, 0.717) is 24.4 Å². The zero-order valence-electron chi connectivity index (χ0n) is 21.4. The number of H-pyrrole nitrogens is 1. The lowest BCUT2D eigenvalue weighted by molar-refractivity contribution is -0.113. The fourth-order valence-electron chi connectivity index (χ4n) is 4.86. The Hall–Kier alpha value is -4.35. The number of hydrogen-bond acceptors (Lipinski definition) is 8. The summed E-state index contributed by atoms with van der Waals surface area (Å²) < 4.78 is 20.8. The number of aromatic nitrogens is 6. The minimum atomic E-state index is -0.540. The molecule has 1 saturated carbocycles. The third kappa shape index (κ3) is 4.81. The Morgan fingerprint density at radius 1 is 1.32 bits per heavy atom. The monoisotopic (exact) mass is 520 g/mol. The normalized spacial score (nSPS) is 17.6. The van der Waals surface area contributed by atoms with Crippen molar-refractivity contribution in [2.75, 3.05) is 26.0 Å². The molecule has 12 heteroatoms. The van der Waals surface area contributed by atoms with E-state index >= 15 is 0 Å². The molecule has 0 radical (unpaired) electrons. The number of pyridine rings is 1. The molecule has 11 nitrogen and oxygen atoms in total. The molecule has 1 amide bonds. The molecule has 1 saturated heterocycles. The lowest BCUT2D eigenvalue weighted by Crippen LogP contribution is -2.48. The van der Waals surface area contributed by atoms with Crippen molar-refractivity contribution in [3.8, 4) is 17.1 Å². The molecule has 1 unspecified atom stereocenters. The van der Waals surface area contributed by atoms with Gasteiger partial charge in [-0.2, -0.15) is 10.2 Å². The van der Waals surface area contributed by atoms with Crippen molar-refractivity contribution in [3.63, 3.8) is 0 Å². The van der Waals surface area contributed by atoms with E-state index in [0.717, 1.165) is 48.8 Å². The van der Waals surface area contributed by atoms with Gasteiger partial charge in [-0.1, -0.05) is 0 Å². The van der Waals surface area contributed by atoms with Gasteiger partial charge in [0.2, 0.25) is 5.88 Å². The van der Waals surface area contributed by atoms with Gasteiger partial charge in [-0.3, -0.25) is 9.89 Å². The molecule has 2 aliphatic rings. The molecule has 4 aromatic rings. The third-order valence-corrected chi connectivity index (χ3v) is 7.10. The first kappa shape index (κ1) is 25.3. The molecule has 4 aromatic heterocycles. The van der Waals surface area contributed by atoms with Gasteiger partial charge in [0, 0.05) is 48.6 Å². The van der Waals surface area contributed by atoms with Crippen LogP contribution in [0.5, 0.6) is 5.88 Å². The summed E-state index contributed by atoms with van der Waals surface area (Å²) >= 11 is 0. The number of carbonyl (C=O) groups is 2. The lowest BCUT2D eigenvalue weighted by Gasteiger charge is -2.38. The van der Waals surface area contributed by atoms with E-state index in [2.05, 4.69) is 30.6 Å². The maximum atomic E-state index is 14.1. The van der Waals surface area contributed by atoms with Crippen LogP contribution in [0.4, 0.5) is 10.1 Å². The van der Waals surface area contributed by atoms with E-state index in [1.54, 1.807) is 16.8 Å². The highest BCUT2D eigenvalue weighted by Crippen LogP contribution is 2.50. The van der Waals surface area contributed by atoms with Crippen LogP contribution < -0.4 is 10.1 Å². The van der Waals surface area contributed by atoms with Gasteiger partial charge in [0.15, 0.2) is 11.5 Å². The first-order valence-corrected chi connectivity index (χ1v) is 12.4. The minimum absolute atomic E-state index is 0.0252. The van der Waals surface area contributed by atoms with Crippen molar-refractivity contribution < 1.29 is 18.7 Å². The van der Waals surface area contributed by atoms with Crippen LogP contribution in [0.15, 0.2) is 36.8 Å². The fraction of sp³-hybridized carbons (Fsp3) is 0.385. The SMILES string of the molecule is CNc1cnn2ccc(C)nc12.COc1cc(-c2cc(C(=O)N3CCC(C=O)CC34CC4)[nH]n2)c(F)cn1. The van der Waals surface area contributed by atoms with Gasteiger partial charge >= 0.3 is 0 Å². The van der Waals surface area contributed by atoms with Crippen LogP contribution in [0.25, 0.3) is 16.9 Å². The standard InChI is InChI=1S/C18H19FN4O3.C8H10N4/c1-26-16-6-12(13(19)9-20-16)14-7-15(22-21-14)17(25)23-5-2-11(10-24)8-18(23)3-4-18;1-6-3-4-12-8(11-6)7(9-2)5-10-12/h6-7,9-11H,2-5,8H2,1H3,(H,21,22);3-5,9H,1-2H3. The number of anilines is 1. The van der Waals surface area contributed by atoms with Gasteiger partial charge in [0.05, 0.1) is 30.9 Å². The van der Waals surface area contributed by atoms with Crippen molar-refractivity contribution in [1.82, 2.24) is 34.7 Å². The Morgan fingerprint density at radius 3 is 2.84 bits per heavy atom. The Labute approximate surface area is 218 Å². The van der Waals surface area contributed by atoms with Crippen LogP contribution in [0.3, 0.4) is 0 Å². The summed E-state index contributed by atoms with van der Waals surface area (Å²) in [7, 11) is 3.31. The van der Waals surface area contributed by atoms with Gasteiger partial charge in [-0.15, -0.1) is 0 Å². The van der Waals surface area contributed by atoms with Crippen molar-refractivity contribution in [1.29, 1.82) is 0 Å². The van der Waals surface area contributed by atoms with Crippen molar-refractivity contribution in [2.45, 2.75) is 38.1 Å². The summed E-state index contributed by atoms with van der Waals surface area (Å²) in [5.74, 6) is -0.406. The average Bonchev–Trinajstić information content (AvgIpc) is 3.34. The number of ether oxygens (including phenoxy) is 1. The second-order valence-corrected chi connectivity index (χ2v) is 9.59. The summed E-state index contributed by atoms with van der Waals surface area (Å²) in [5.41, 5.74) is 3.48. The molecule has 2 fully saturated rings. The Balaban J connectivity index is 0.000000204. The highest BCUT2D eigenvalue weighted by Gasteiger charge is 2.53. The van der Waals surface area contributed by atoms with Gasteiger partial charge in [0.1, 0.15) is 12.0 Å². The summed E-state index contributed by atoms with van der Waals surface area (Å²) in [6.07, 6.45) is 8.96. The number of fused-ring (bicyclic) bond motifs is 1. The molecule has 6 rings (SSSR count). The number of piperidine rings is 1. The smallest absolute Gasteiger partial charge is 0.272 e. The number of aryl methyl sites for hydroxylation is 1. The summed E-state index contributed by atoms with van der Waals surface area (Å²) in [6, 6.07) is 4.92. The molecule has 38 heavy (non-hydrogen) atoms. The van der Waals surface area contributed by atoms with Gasteiger partial charge in [-0.25, -0.2) is 18.9 Å².